The van der Waals surface area contributed by atoms with Crippen molar-refractivity contribution in [2.75, 3.05) is 11.4 Å². The van der Waals surface area contributed by atoms with Gasteiger partial charge in [-0.1, -0.05) is 12.5 Å². The van der Waals surface area contributed by atoms with Crippen LogP contribution < -0.4 is 4.90 Å². The molecule has 5 heteroatoms. The minimum atomic E-state index is -0.496. The van der Waals surface area contributed by atoms with Crippen LogP contribution >= 0.6 is 0 Å². The zero-order chi connectivity index (χ0) is 18.9. The first-order valence-corrected chi connectivity index (χ1v) is 10.00. The lowest BCUT2D eigenvalue weighted by molar-refractivity contribution is 0.0576. The molecule has 1 saturated heterocycles. The molecule has 5 nitrogen and oxygen atoms in total. The first-order valence-electron chi connectivity index (χ1n) is 10.00. The Hall–Kier alpha value is -1.62. The topological polar surface area (TPSA) is 45.7 Å². The fourth-order valence-electron chi connectivity index (χ4n) is 3.74. The van der Waals surface area contributed by atoms with Gasteiger partial charge in [-0.2, -0.15) is 0 Å². The zero-order valence-corrected chi connectivity index (χ0v) is 16.9. The van der Waals surface area contributed by atoms with Gasteiger partial charge in [-0.15, -0.1) is 0 Å². The Kier molecular flexibility index (Phi) is 5.56. The number of aromatic nitrogens is 1. The summed E-state index contributed by atoms with van der Waals surface area (Å²) in [5, 5.41) is 0. The van der Waals surface area contributed by atoms with Crippen LogP contribution in [0.5, 0.6) is 0 Å². The number of ether oxygens (including phenoxy) is 1. The van der Waals surface area contributed by atoms with Crippen LogP contribution in [-0.4, -0.2) is 40.2 Å². The Bertz CT molecular complexity index is 617. The third kappa shape index (κ3) is 4.56. The van der Waals surface area contributed by atoms with Gasteiger partial charge in [0.1, 0.15) is 11.4 Å². The molecule has 3 rings (SSSR count). The van der Waals surface area contributed by atoms with E-state index in [1.807, 2.05) is 33.0 Å². The van der Waals surface area contributed by atoms with Gasteiger partial charge in [-0.05, 0) is 78.5 Å². The van der Waals surface area contributed by atoms with Crippen LogP contribution in [-0.2, 0) is 4.74 Å². The number of piperidine rings is 1. The quantitative estimate of drug-likeness (QED) is 0.765. The summed E-state index contributed by atoms with van der Waals surface area (Å²) in [6, 6.07) is 5.33. The second-order valence-electron chi connectivity index (χ2n) is 8.87. The van der Waals surface area contributed by atoms with Crippen molar-refractivity contribution in [2.24, 2.45) is 0 Å². The lowest BCUT2D eigenvalue weighted by Crippen LogP contribution is -2.39. The number of anilines is 1. The third-order valence-corrected chi connectivity index (χ3v) is 5.11. The highest BCUT2D eigenvalue weighted by molar-refractivity contribution is 5.88. The number of amides is 1. The Morgan fingerprint density at radius 1 is 1.23 bits per heavy atom. The molecule has 0 aromatic carbocycles. The molecule has 26 heavy (non-hydrogen) atoms. The molecule has 1 aromatic heterocycles. The summed E-state index contributed by atoms with van der Waals surface area (Å²) in [6.07, 6.45) is 7.43. The maximum atomic E-state index is 12.6. The highest BCUT2D eigenvalue weighted by Crippen LogP contribution is 2.35. The number of carbonyl (C=O) groups is 1. The van der Waals surface area contributed by atoms with E-state index in [9.17, 15) is 4.79 Å². The molecule has 1 atom stereocenters. The van der Waals surface area contributed by atoms with Gasteiger partial charge >= 0.3 is 6.09 Å². The third-order valence-electron chi connectivity index (χ3n) is 5.11. The van der Waals surface area contributed by atoms with Gasteiger partial charge < -0.3 is 4.74 Å². The van der Waals surface area contributed by atoms with E-state index in [0.29, 0.717) is 17.9 Å². The van der Waals surface area contributed by atoms with E-state index in [-0.39, 0.29) is 12.1 Å². The molecule has 1 aromatic rings. The van der Waals surface area contributed by atoms with Crippen LogP contribution in [0.2, 0.25) is 0 Å². The van der Waals surface area contributed by atoms with Crippen LogP contribution in [0.15, 0.2) is 18.3 Å². The molecule has 144 valence electrons. The van der Waals surface area contributed by atoms with Crippen LogP contribution in [0.1, 0.15) is 78.3 Å². The summed E-state index contributed by atoms with van der Waals surface area (Å²) in [7, 11) is 0. The van der Waals surface area contributed by atoms with Crippen molar-refractivity contribution in [3.63, 3.8) is 0 Å². The van der Waals surface area contributed by atoms with Gasteiger partial charge in [-0.25, -0.2) is 9.78 Å². The minimum Gasteiger partial charge on any atom is -0.443 e. The second-order valence-corrected chi connectivity index (χ2v) is 8.87. The highest BCUT2D eigenvalue weighted by atomic mass is 16.6. The summed E-state index contributed by atoms with van der Waals surface area (Å²) >= 11 is 0. The summed E-state index contributed by atoms with van der Waals surface area (Å²) in [5.74, 6) is 0.706. The predicted molar refractivity (Wildman–Crippen MR) is 104 cm³/mol. The van der Waals surface area contributed by atoms with Gasteiger partial charge in [0, 0.05) is 24.3 Å². The monoisotopic (exact) mass is 359 g/mol. The maximum absolute atomic E-state index is 12.6. The zero-order valence-electron chi connectivity index (χ0n) is 16.9. The van der Waals surface area contributed by atoms with Crippen molar-refractivity contribution in [3.8, 4) is 0 Å². The van der Waals surface area contributed by atoms with Crippen molar-refractivity contribution in [1.29, 1.82) is 0 Å². The van der Waals surface area contributed by atoms with Crippen LogP contribution in [0.3, 0.4) is 0 Å². The number of pyridine rings is 1. The average Bonchev–Trinajstić information content (AvgIpc) is 3.39. The van der Waals surface area contributed by atoms with E-state index in [0.717, 1.165) is 19.4 Å². The minimum absolute atomic E-state index is 0.227. The SMILES string of the molecule is CC(C)N1CCCCC1c1ccc(N(C(=O)OC(C)(C)C)C2CC2)nc1. The Balaban J connectivity index is 1.78. The number of likely N-dealkylation sites (tertiary alicyclic amines) is 1. The molecule has 0 N–H and O–H groups in total. The van der Waals surface area contributed by atoms with E-state index in [1.165, 1.54) is 24.8 Å². The van der Waals surface area contributed by atoms with Gasteiger partial charge in [-0.3, -0.25) is 9.80 Å². The Morgan fingerprint density at radius 3 is 2.50 bits per heavy atom. The van der Waals surface area contributed by atoms with Crippen LogP contribution in [0.25, 0.3) is 0 Å². The molecular formula is C21H33N3O2. The molecule has 2 heterocycles. The van der Waals surface area contributed by atoms with Crippen molar-refractivity contribution in [2.45, 2.75) is 90.4 Å². The Morgan fingerprint density at radius 2 is 1.96 bits per heavy atom. The van der Waals surface area contributed by atoms with Crippen LogP contribution in [0, 0.1) is 0 Å². The number of carbonyl (C=O) groups excluding carboxylic acids is 1. The number of hydrogen-bond donors (Lipinski definition) is 0. The van der Waals surface area contributed by atoms with Gasteiger partial charge in [0.15, 0.2) is 0 Å². The van der Waals surface area contributed by atoms with Crippen molar-refractivity contribution in [1.82, 2.24) is 9.88 Å². The van der Waals surface area contributed by atoms with Crippen molar-refractivity contribution >= 4 is 11.9 Å². The van der Waals surface area contributed by atoms with E-state index >= 15 is 0 Å². The molecule has 1 saturated carbocycles. The maximum Gasteiger partial charge on any atom is 0.416 e. The smallest absolute Gasteiger partial charge is 0.416 e. The highest BCUT2D eigenvalue weighted by Gasteiger charge is 2.37. The fourth-order valence-corrected chi connectivity index (χ4v) is 3.74. The van der Waals surface area contributed by atoms with E-state index in [2.05, 4.69) is 29.8 Å². The standard InChI is InChI=1S/C21H33N3O2/c1-15(2)23-13-7-6-8-18(23)16-9-12-19(22-14-16)24(17-10-11-17)20(25)26-21(3,4)5/h9,12,14-15,17-18H,6-8,10-11,13H2,1-5H3. The normalized spacial score (nSPS) is 21.7. The number of nitrogens with zero attached hydrogens (tertiary/aromatic N) is 3. The molecule has 0 spiro atoms. The molecule has 1 aliphatic carbocycles. The van der Waals surface area contributed by atoms with Gasteiger partial charge in [0.05, 0.1) is 0 Å². The lowest BCUT2D eigenvalue weighted by atomic mass is 9.95. The molecule has 2 aliphatic rings. The molecule has 0 radical (unpaired) electrons. The molecule has 1 unspecified atom stereocenters. The predicted octanol–water partition coefficient (Wildman–Crippen LogP) is 4.92. The second kappa shape index (κ2) is 7.55. The Labute approximate surface area is 157 Å². The van der Waals surface area contributed by atoms with Crippen LogP contribution in [0.4, 0.5) is 10.6 Å². The average molecular weight is 360 g/mol. The number of hydrogen-bond acceptors (Lipinski definition) is 4. The van der Waals surface area contributed by atoms with Crippen molar-refractivity contribution < 1.29 is 9.53 Å². The molecule has 2 fully saturated rings. The van der Waals surface area contributed by atoms with Gasteiger partial charge in [0.25, 0.3) is 0 Å². The van der Waals surface area contributed by atoms with Crippen molar-refractivity contribution in [3.05, 3.63) is 23.9 Å². The molecule has 0 bridgehead atoms. The summed E-state index contributed by atoms with van der Waals surface area (Å²) in [4.78, 5) is 21.6. The lowest BCUT2D eigenvalue weighted by Gasteiger charge is -2.38. The number of rotatable bonds is 4. The summed E-state index contributed by atoms with van der Waals surface area (Å²) in [6.45, 7) is 11.4. The molecule has 1 aliphatic heterocycles. The van der Waals surface area contributed by atoms with E-state index in [4.69, 9.17) is 4.74 Å². The fraction of sp³-hybridized carbons (Fsp3) is 0.714. The first kappa shape index (κ1) is 19.2. The molecular weight excluding hydrogens is 326 g/mol. The first-order chi connectivity index (χ1) is 12.3. The van der Waals surface area contributed by atoms with E-state index < -0.39 is 5.60 Å². The van der Waals surface area contributed by atoms with E-state index in [1.54, 1.807) is 4.90 Å². The van der Waals surface area contributed by atoms with Gasteiger partial charge in [0.2, 0.25) is 0 Å². The summed E-state index contributed by atoms with van der Waals surface area (Å²) < 4.78 is 5.59. The molecule has 1 amide bonds. The summed E-state index contributed by atoms with van der Waals surface area (Å²) in [5.41, 5.74) is 0.756. The largest absolute Gasteiger partial charge is 0.443 e.